The van der Waals surface area contributed by atoms with Crippen LogP contribution in [0.4, 0.5) is 0 Å². The van der Waals surface area contributed by atoms with Gasteiger partial charge in [-0.3, -0.25) is 19.6 Å². The van der Waals surface area contributed by atoms with Crippen molar-refractivity contribution in [2.24, 2.45) is 0 Å². The SMILES string of the molecule is Brc1cccnc1.Brc1cccnc1.CCCC[N+](CCCC)(CCCC)CCCC.CCCC[N+](CCCC)(CCCC)CCCC.CN(C)C=O.CN(C)C=O.[Ag+].[Ag+].[Mo].[Mo].[Mo].[Mo].[Mo].[Mo].[Mo].[Mo].[O-2].[O-2].[O-2].[O-2].[O-2].[O-2].[O-2].[O-2].[O-2].[O-2].[O-2].[O-2].[O-2].[O-2].[O-2].[O-2].[O-2].[O-2].[O-2].[O-2].[O-2].[O-2].[O-2].[O-2].[O-2].[O-2]. The van der Waals surface area contributed by atoms with Crippen LogP contribution in [0.3, 0.4) is 0 Å². The van der Waals surface area contributed by atoms with Crippen molar-refractivity contribution < 1.29 is 374 Å². The molecule has 0 atom stereocenters. The number of pyridine rings is 2. The molecular formula is C48H94Ag2Br2Mo8N6O28-48. The molecule has 2 aromatic heterocycles. The van der Waals surface area contributed by atoms with Crippen LogP contribution in [0.15, 0.2) is 58.0 Å². The number of halogens is 2. The van der Waals surface area contributed by atoms with Gasteiger partial charge in [0.25, 0.3) is 0 Å². The monoisotopic (exact) mass is 2360 g/mol. The molecule has 2 amide bonds. The van der Waals surface area contributed by atoms with Crippen molar-refractivity contribution in [3.05, 3.63) is 58.0 Å². The smallest absolute Gasteiger partial charge is 1.00 e. The van der Waals surface area contributed by atoms with Gasteiger partial charge in [-0.1, -0.05) is 107 Å². The van der Waals surface area contributed by atoms with Gasteiger partial charge in [-0.05, 0) is 107 Å². The van der Waals surface area contributed by atoms with Gasteiger partial charge in [0, 0.05) is 230 Å². The minimum Gasteiger partial charge on any atom is -2.00 e. The zero-order chi connectivity index (χ0) is 44.8. The number of hydrogen-bond donors (Lipinski definition) is 0. The molecule has 0 N–H and O–H groups in total. The summed E-state index contributed by atoms with van der Waals surface area (Å²) in [4.78, 5) is 29.4. The van der Waals surface area contributed by atoms with Crippen LogP contribution in [0.25, 0.3) is 0 Å². The fourth-order valence-corrected chi connectivity index (χ4v) is 6.52. The minimum absolute atomic E-state index is 0. The first-order chi connectivity index (χ1) is 27.8. The summed E-state index contributed by atoms with van der Waals surface area (Å²) in [6, 6.07) is 7.63. The van der Waals surface area contributed by atoms with E-state index < -0.39 is 0 Å². The van der Waals surface area contributed by atoms with E-state index in [1.807, 2.05) is 24.3 Å². The van der Waals surface area contributed by atoms with E-state index in [-0.39, 0.29) is 356 Å². The topological polar surface area (TPSA) is 807 Å². The number of rotatable bonds is 26. The quantitative estimate of drug-likeness (QED) is 0.0503. The van der Waals surface area contributed by atoms with Gasteiger partial charge in [-0.2, -0.15) is 0 Å². The molecule has 0 aromatic carbocycles. The summed E-state index contributed by atoms with van der Waals surface area (Å²) in [5.41, 5.74) is 0. The fraction of sp³-hybridized carbons (Fsp3) is 0.750. The molecule has 0 spiro atoms. The number of amides is 2. The molecule has 0 aliphatic rings. The van der Waals surface area contributed by atoms with Gasteiger partial charge in [0.15, 0.2) is 0 Å². The van der Waals surface area contributed by atoms with Crippen LogP contribution in [-0.4, -0.2) is 122 Å². The molecule has 0 radical (unpaired) electrons. The summed E-state index contributed by atoms with van der Waals surface area (Å²) in [6.07, 6.45) is 30.6. The van der Waals surface area contributed by atoms with E-state index in [1.165, 1.54) is 174 Å². The van der Waals surface area contributed by atoms with Gasteiger partial charge in [-0.25, -0.2) is 0 Å². The van der Waals surface area contributed by atoms with Gasteiger partial charge < -0.3 is 161 Å². The molecule has 0 saturated heterocycles. The Morgan fingerprint density at radius 2 is 0.426 bits per heavy atom. The molecule has 0 aliphatic carbocycles. The van der Waals surface area contributed by atoms with E-state index in [0.717, 1.165) is 21.8 Å². The van der Waals surface area contributed by atoms with Crippen molar-refractivity contribution >= 4 is 44.7 Å². The number of quaternary nitrogens is 2. The van der Waals surface area contributed by atoms with Crippen molar-refractivity contribution in [3.8, 4) is 0 Å². The molecule has 0 aliphatic heterocycles. The van der Waals surface area contributed by atoms with Crippen LogP contribution < -0.4 is 0 Å². The predicted molar refractivity (Wildman–Crippen MR) is 280 cm³/mol. The molecule has 0 fully saturated rings. The largest absolute Gasteiger partial charge is 2.00 e. The van der Waals surface area contributed by atoms with Gasteiger partial charge >= 0.3 is 44.8 Å². The van der Waals surface area contributed by atoms with Crippen LogP contribution in [0.5, 0.6) is 0 Å². The first-order valence-electron chi connectivity index (χ1n) is 22.9. The van der Waals surface area contributed by atoms with Crippen LogP contribution in [0.1, 0.15) is 158 Å². The maximum absolute atomic E-state index is 9.43. The summed E-state index contributed by atoms with van der Waals surface area (Å²) in [5.74, 6) is 0. The third-order valence-corrected chi connectivity index (χ3v) is 10.5. The van der Waals surface area contributed by atoms with E-state index in [1.54, 1.807) is 53.0 Å². The molecular weight excluding hydrogens is 2250 g/mol. The predicted octanol–water partition coefficient (Wildman–Crippen LogP) is 9.99. The molecule has 2 heterocycles. The molecule has 94 heavy (non-hydrogen) atoms. The van der Waals surface area contributed by atoms with Crippen LogP contribution >= 0.6 is 31.9 Å². The second-order valence-electron chi connectivity index (χ2n) is 15.8. The van der Waals surface area contributed by atoms with Gasteiger partial charge in [0.2, 0.25) is 12.8 Å². The number of carbonyl (C=O) groups excluding carboxylic acids is 2. The van der Waals surface area contributed by atoms with Crippen molar-refractivity contribution in [2.75, 3.05) is 80.5 Å². The van der Waals surface area contributed by atoms with Gasteiger partial charge in [0.05, 0.1) is 52.4 Å². The summed E-state index contributed by atoms with van der Waals surface area (Å²) >= 11 is 6.50. The number of nitrogens with zero attached hydrogens (tertiary/aromatic N) is 6. The number of carbonyl (C=O) groups is 2. The van der Waals surface area contributed by atoms with Gasteiger partial charge in [0.1, 0.15) is 0 Å². The Morgan fingerprint density at radius 1 is 0.309 bits per heavy atom. The summed E-state index contributed by atoms with van der Waals surface area (Å²) < 4.78 is 4.89. The average Bonchev–Trinajstić information content (AvgIpc) is 3.24. The second kappa shape index (κ2) is 218. The maximum atomic E-state index is 9.43. The fourth-order valence-electron chi connectivity index (χ4n) is 5.97. The summed E-state index contributed by atoms with van der Waals surface area (Å²) in [6.45, 7) is 30.0. The molecule has 2 rings (SSSR count). The van der Waals surface area contributed by atoms with Crippen molar-refractivity contribution in [2.45, 2.75) is 158 Å². The van der Waals surface area contributed by atoms with Crippen LogP contribution in [-0.2, 0) is 365 Å². The van der Waals surface area contributed by atoms with Gasteiger partial charge in [-0.15, -0.1) is 0 Å². The average molecular weight is 2350 g/mol. The third kappa shape index (κ3) is 212. The maximum Gasteiger partial charge on any atom is 1.00 e. The van der Waals surface area contributed by atoms with E-state index in [4.69, 9.17) is 0 Å². The van der Waals surface area contributed by atoms with Crippen molar-refractivity contribution in [3.63, 3.8) is 0 Å². The molecule has 0 unspecified atom stereocenters. The Bertz CT molecular complexity index is 1040. The molecule has 0 saturated carbocycles. The summed E-state index contributed by atoms with van der Waals surface area (Å²) in [5, 5.41) is 0. The van der Waals surface area contributed by atoms with E-state index >= 15 is 0 Å². The Hall–Kier alpha value is 4.07. The minimum atomic E-state index is 0. The van der Waals surface area contributed by atoms with Crippen LogP contribution in [0.2, 0.25) is 0 Å². The van der Waals surface area contributed by atoms with E-state index in [9.17, 15) is 9.59 Å². The van der Waals surface area contributed by atoms with Crippen molar-refractivity contribution in [1.29, 1.82) is 0 Å². The molecule has 34 nitrogen and oxygen atoms in total. The Morgan fingerprint density at radius 3 is 0.479 bits per heavy atom. The number of unbranched alkanes of at least 4 members (excludes halogenated alkanes) is 8. The van der Waals surface area contributed by atoms with E-state index in [0.29, 0.717) is 0 Å². The Kier molecular flexibility index (Phi) is 636. The normalized spacial score (nSPS) is 6.36. The first-order valence-corrected chi connectivity index (χ1v) is 24.4. The van der Waals surface area contributed by atoms with E-state index in [2.05, 4.69) is 97.2 Å². The van der Waals surface area contributed by atoms with Crippen LogP contribution in [0, 0.1) is 0 Å². The zero-order valence-corrected chi connectivity index (χ0v) is 76.7. The molecule has 0 bridgehead atoms. The second-order valence-corrected chi connectivity index (χ2v) is 17.6. The molecule has 616 valence electrons. The number of hydrogen-bond acceptors (Lipinski definition) is 4. The summed E-state index contributed by atoms with van der Waals surface area (Å²) in [7, 11) is 6.75. The zero-order valence-electron chi connectivity index (χ0n) is 54.5. The Balaban J connectivity index is -0.00000000947. The molecule has 46 heteroatoms. The number of aromatic nitrogens is 2. The first kappa shape index (κ1) is 274. The standard InChI is InChI=1S/2C16H36N.2C5H4BrN.2C3H7NO.2Ag.8Mo.26O/c2*1-5-9-13-17(14-10-6-2,15-11-7-3)16-12-8-4;2*6-5-2-1-3-7-4-5;2*1-4(2)3-5;;;;;;;;;;;;;;;;;;;;;;;;;;;;;;;;;;;;/h2*5-16H2,1-4H3;2*1-4H;2*3H,1-2H3;;;;;;;;;;;;;;;;;;;;;;;;;;;;;;;;;;;;/q2*+1;;;;;2*+1;;;;;;;;;26*-2. The molecule has 2 aromatic rings. The van der Waals surface area contributed by atoms with Crippen molar-refractivity contribution in [1.82, 2.24) is 19.8 Å². The Labute approximate surface area is 726 Å². The third-order valence-electron chi connectivity index (χ3n) is 9.56.